The van der Waals surface area contributed by atoms with Gasteiger partial charge in [0.1, 0.15) is 11.9 Å². The third-order valence-corrected chi connectivity index (χ3v) is 4.96. The van der Waals surface area contributed by atoms with Crippen LogP contribution in [0, 0.1) is 0 Å². The Kier molecular flexibility index (Phi) is 5.18. The molecule has 0 amide bonds. The van der Waals surface area contributed by atoms with Crippen molar-refractivity contribution in [2.24, 2.45) is 0 Å². The predicted molar refractivity (Wildman–Crippen MR) is 88.0 cm³/mol. The topological polar surface area (TPSA) is 21.3 Å². The Morgan fingerprint density at radius 3 is 2.62 bits per heavy atom. The minimum atomic E-state index is 0.244. The molecule has 1 saturated carbocycles. The number of ether oxygens (including phenoxy) is 1. The van der Waals surface area contributed by atoms with E-state index in [0.717, 1.165) is 12.3 Å². The van der Waals surface area contributed by atoms with Crippen molar-refractivity contribution < 1.29 is 4.74 Å². The second-order valence-corrected chi connectivity index (χ2v) is 6.81. The number of benzene rings is 1. The van der Waals surface area contributed by atoms with Gasteiger partial charge in [-0.2, -0.15) is 0 Å². The molecule has 0 radical (unpaired) electrons. The SMILES string of the molecule is CC(CNC1CCCCC1)Oc1ccc2c(c1)CCCC2. The van der Waals surface area contributed by atoms with Gasteiger partial charge in [0.05, 0.1) is 0 Å². The minimum absolute atomic E-state index is 0.244. The number of fused-ring (bicyclic) bond motifs is 1. The molecule has 0 aliphatic heterocycles. The highest BCUT2D eigenvalue weighted by molar-refractivity contribution is 5.37. The van der Waals surface area contributed by atoms with E-state index in [1.54, 1.807) is 0 Å². The van der Waals surface area contributed by atoms with Crippen LogP contribution in [-0.2, 0) is 12.8 Å². The average Bonchev–Trinajstić information content (AvgIpc) is 2.54. The fourth-order valence-electron chi connectivity index (χ4n) is 3.70. The maximum Gasteiger partial charge on any atom is 0.120 e. The molecular formula is C19H29NO. The molecule has 0 aromatic heterocycles. The minimum Gasteiger partial charge on any atom is -0.489 e. The van der Waals surface area contributed by atoms with Crippen molar-refractivity contribution in [3.63, 3.8) is 0 Å². The molecule has 1 unspecified atom stereocenters. The van der Waals surface area contributed by atoms with Crippen molar-refractivity contribution in [1.29, 1.82) is 0 Å². The summed E-state index contributed by atoms with van der Waals surface area (Å²) in [6.45, 7) is 3.14. The summed E-state index contributed by atoms with van der Waals surface area (Å²) in [7, 11) is 0. The van der Waals surface area contributed by atoms with Gasteiger partial charge >= 0.3 is 0 Å². The summed E-state index contributed by atoms with van der Waals surface area (Å²) in [4.78, 5) is 0. The number of aryl methyl sites for hydroxylation is 2. The van der Waals surface area contributed by atoms with Crippen molar-refractivity contribution in [2.45, 2.75) is 76.9 Å². The zero-order valence-electron chi connectivity index (χ0n) is 13.4. The van der Waals surface area contributed by atoms with E-state index in [9.17, 15) is 0 Å². The zero-order chi connectivity index (χ0) is 14.5. The van der Waals surface area contributed by atoms with Crippen LogP contribution in [0.25, 0.3) is 0 Å². The molecule has 1 fully saturated rings. The first-order chi connectivity index (χ1) is 10.3. The zero-order valence-corrected chi connectivity index (χ0v) is 13.4. The van der Waals surface area contributed by atoms with Gasteiger partial charge in [-0.3, -0.25) is 0 Å². The van der Waals surface area contributed by atoms with E-state index in [1.165, 1.54) is 68.9 Å². The quantitative estimate of drug-likeness (QED) is 0.874. The summed E-state index contributed by atoms with van der Waals surface area (Å²) in [6.07, 6.45) is 12.2. The van der Waals surface area contributed by atoms with Gasteiger partial charge in [-0.25, -0.2) is 0 Å². The third-order valence-electron chi connectivity index (χ3n) is 4.96. The van der Waals surface area contributed by atoms with Crippen LogP contribution in [0.1, 0.15) is 63.0 Å². The molecule has 0 bridgehead atoms. The van der Waals surface area contributed by atoms with Crippen molar-refractivity contribution in [2.75, 3.05) is 6.54 Å². The Balaban J connectivity index is 1.48. The van der Waals surface area contributed by atoms with Crippen LogP contribution in [0.5, 0.6) is 5.75 Å². The largest absolute Gasteiger partial charge is 0.489 e. The summed E-state index contributed by atoms with van der Waals surface area (Å²) in [5, 5.41) is 3.68. The second kappa shape index (κ2) is 7.31. The lowest BCUT2D eigenvalue weighted by Crippen LogP contribution is -2.37. The smallest absolute Gasteiger partial charge is 0.120 e. The lowest BCUT2D eigenvalue weighted by Gasteiger charge is -2.25. The highest BCUT2D eigenvalue weighted by Crippen LogP contribution is 2.26. The Hall–Kier alpha value is -1.02. The molecule has 2 heteroatoms. The first-order valence-corrected chi connectivity index (χ1v) is 8.83. The van der Waals surface area contributed by atoms with Gasteiger partial charge in [0.2, 0.25) is 0 Å². The monoisotopic (exact) mass is 287 g/mol. The molecule has 2 nitrogen and oxygen atoms in total. The molecular weight excluding hydrogens is 258 g/mol. The molecule has 1 atom stereocenters. The first-order valence-electron chi connectivity index (χ1n) is 8.83. The Bertz CT molecular complexity index is 451. The molecule has 2 aliphatic rings. The van der Waals surface area contributed by atoms with Gasteiger partial charge < -0.3 is 10.1 Å². The van der Waals surface area contributed by atoms with Gasteiger partial charge in [-0.1, -0.05) is 25.3 Å². The Morgan fingerprint density at radius 1 is 1.05 bits per heavy atom. The van der Waals surface area contributed by atoms with Crippen molar-refractivity contribution >= 4 is 0 Å². The van der Waals surface area contributed by atoms with Crippen molar-refractivity contribution in [1.82, 2.24) is 5.32 Å². The average molecular weight is 287 g/mol. The number of nitrogens with one attached hydrogen (secondary N) is 1. The standard InChI is InChI=1S/C19H29NO/c1-15(14-20-18-9-3-2-4-10-18)21-19-12-11-16-7-5-6-8-17(16)13-19/h11-13,15,18,20H,2-10,14H2,1H3. The molecule has 2 aliphatic carbocycles. The van der Waals surface area contributed by atoms with Gasteiger partial charge in [0.15, 0.2) is 0 Å². The molecule has 1 aromatic rings. The van der Waals surface area contributed by atoms with E-state index in [4.69, 9.17) is 4.74 Å². The van der Waals surface area contributed by atoms with E-state index in [2.05, 4.69) is 30.4 Å². The predicted octanol–water partition coefficient (Wildman–Crippen LogP) is 4.26. The number of hydrogen-bond acceptors (Lipinski definition) is 2. The number of rotatable bonds is 5. The third kappa shape index (κ3) is 4.23. The molecule has 116 valence electrons. The molecule has 3 rings (SSSR count). The normalized spacial score (nSPS) is 20.8. The van der Waals surface area contributed by atoms with E-state index >= 15 is 0 Å². The van der Waals surface area contributed by atoms with Gasteiger partial charge in [0.25, 0.3) is 0 Å². The van der Waals surface area contributed by atoms with E-state index in [0.29, 0.717) is 6.04 Å². The van der Waals surface area contributed by atoms with Crippen LogP contribution < -0.4 is 10.1 Å². The lowest BCUT2D eigenvalue weighted by molar-refractivity contribution is 0.205. The maximum absolute atomic E-state index is 6.11. The van der Waals surface area contributed by atoms with Crippen LogP contribution in [0.4, 0.5) is 0 Å². The Labute approximate surface area is 129 Å². The van der Waals surface area contributed by atoms with Crippen LogP contribution in [0.3, 0.4) is 0 Å². The molecule has 1 N–H and O–H groups in total. The fraction of sp³-hybridized carbons (Fsp3) is 0.684. The second-order valence-electron chi connectivity index (χ2n) is 6.81. The van der Waals surface area contributed by atoms with E-state index in [-0.39, 0.29) is 6.10 Å². The molecule has 0 heterocycles. The van der Waals surface area contributed by atoms with Crippen LogP contribution in [0.15, 0.2) is 18.2 Å². The summed E-state index contributed by atoms with van der Waals surface area (Å²) in [6, 6.07) is 7.41. The van der Waals surface area contributed by atoms with Crippen molar-refractivity contribution in [3.05, 3.63) is 29.3 Å². The Morgan fingerprint density at radius 2 is 1.81 bits per heavy atom. The van der Waals surface area contributed by atoms with Gasteiger partial charge in [-0.05, 0) is 68.7 Å². The van der Waals surface area contributed by atoms with Gasteiger partial charge in [-0.15, -0.1) is 0 Å². The first kappa shape index (κ1) is 14.9. The highest BCUT2D eigenvalue weighted by atomic mass is 16.5. The summed E-state index contributed by atoms with van der Waals surface area (Å²) < 4.78 is 6.11. The number of hydrogen-bond donors (Lipinski definition) is 1. The molecule has 0 saturated heterocycles. The van der Waals surface area contributed by atoms with Gasteiger partial charge in [0, 0.05) is 12.6 Å². The van der Waals surface area contributed by atoms with Crippen LogP contribution in [0.2, 0.25) is 0 Å². The molecule has 21 heavy (non-hydrogen) atoms. The summed E-state index contributed by atoms with van der Waals surface area (Å²) in [5.74, 6) is 1.05. The summed E-state index contributed by atoms with van der Waals surface area (Å²) in [5.41, 5.74) is 3.03. The lowest BCUT2D eigenvalue weighted by atomic mass is 9.92. The fourth-order valence-corrected chi connectivity index (χ4v) is 3.70. The summed E-state index contributed by atoms with van der Waals surface area (Å²) >= 11 is 0. The van der Waals surface area contributed by atoms with Crippen LogP contribution >= 0.6 is 0 Å². The van der Waals surface area contributed by atoms with E-state index in [1.807, 2.05) is 0 Å². The molecule has 0 spiro atoms. The van der Waals surface area contributed by atoms with Crippen LogP contribution in [-0.4, -0.2) is 18.7 Å². The molecule has 1 aromatic carbocycles. The van der Waals surface area contributed by atoms with E-state index < -0.39 is 0 Å². The highest BCUT2D eigenvalue weighted by Gasteiger charge is 2.15. The van der Waals surface area contributed by atoms with Crippen molar-refractivity contribution in [3.8, 4) is 5.75 Å². The maximum atomic E-state index is 6.11.